The molecule has 1 atom stereocenters. The molecule has 1 saturated heterocycles. The van der Waals surface area contributed by atoms with Gasteiger partial charge >= 0.3 is 0 Å². The highest BCUT2D eigenvalue weighted by Gasteiger charge is 2.21. The first-order chi connectivity index (χ1) is 9.61. The lowest BCUT2D eigenvalue weighted by Crippen LogP contribution is -2.38. The van der Waals surface area contributed by atoms with Crippen molar-refractivity contribution in [1.29, 1.82) is 0 Å². The SMILES string of the molecule is CCNCc1ccc(N2CCCN(C)CC2C)nc1C. The number of rotatable bonds is 4. The van der Waals surface area contributed by atoms with Gasteiger partial charge in [0.2, 0.25) is 0 Å². The van der Waals surface area contributed by atoms with Crippen molar-refractivity contribution in [2.45, 2.75) is 39.8 Å². The van der Waals surface area contributed by atoms with Crippen LogP contribution < -0.4 is 10.2 Å². The number of hydrogen-bond acceptors (Lipinski definition) is 4. The van der Waals surface area contributed by atoms with Gasteiger partial charge in [-0.05, 0) is 52.0 Å². The monoisotopic (exact) mass is 276 g/mol. The van der Waals surface area contributed by atoms with Gasteiger partial charge in [0.25, 0.3) is 0 Å². The fourth-order valence-corrected chi connectivity index (χ4v) is 2.90. The van der Waals surface area contributed by atoms with Crippen LogP contribution >= 0.6 is 0 Å². The Hall–Kier alpha value is -1.13. The zero-order valence-corrected chi connectivity index (χ0v) is 13.3. The lowest BCUT2D eigenvalue weighted by molar-refractivity contribution is 0.337. The number of pyridine rings is 1. The molecular formula is C16H28N4. The standard InChI is InChI=1S/C16H28N4/c1-5-17-11-15-7-8-16(18-14(15)3)20-10-6-9-19(4)12-13(20)2/h7-8,13,17H,5-6,9-12H2,1-4H3. The Morgan fingerprint density at radius 2 is 2.15 bits per heavy atom. The molecule has 0 amide bonds. The molecule has 1 aliphatic heterocycles. The summed E-state index contributed by atoms with van der Waals surface area (Å²) in [5, 5.41) is 3.37. The van der Waals surface area contributed by atoms with E-state index in [9.17, 15) is 0 Å². The zero-order valence-electron chi connectivity index (χ0n) is 13.3. The Morgan fingerprint density at radius 3 is 2.85 bits per heavy atom. The molecule has 1 unspecified atom stereocenters. The van der Waals surface area contributed by atoms with Gasteiger partial charge in [-0.1, -0.05) is 13.0 Å². The van der Waals surface area contributed by atoms with Crippen molar-refractivity contribution in [3.63, 3.8) is 0 Å². The van der Waals surface area contributed by atoms with Gasteiger partial charge in [0.1, 0.15) is 5.82 Å². The minimum Gasteiger partial charge on any atom is -0.353 e. The van der Waals surface area contributed by atoms with E-state index in [0.29, 0.717) is 6.04 Å². The van der Waals surface area contributed by atoms with E-state index in [2.05, 4.69) is 55.1 Å². The Balaban J connectivity index is 2.13. The van der Waals surface area contributed by atoms with Crippen LogP contribution in [0.3, 0.4) is 0 Å². The summed E-state index contributed by atoms with van der Waals surface area (Å²) in [5.74, 6) is 1.13. The second kappa shape index (κ2) is 7.04. The first-order valence-corrected chi connectivity index (χ1v) is 7.74. The fraction of sp³-hybridized carbons (Fsp3) is 0.688. The van der Waals surface area contributed by atoms with Crippen LogP contribution in [0.25, 0.3) is 0 Å². The average Bonchev–Trinajstić information content (AvgIpc) is 2.58. The van der Waals surface area contributed by atoms with E-state index >= 15 is 0 Å². The van der Waals surface area contributed by atoms with Crippen LogP contribution in [0, 0.1) is 6.92 Å². The molecule has 1 aromatic heterocycles. The highest BCUT2D eigenvalue weighted by Crippen LogP contribution is 2.20. The number of aryl methyl sites for hydroxylation is 1. The molecule has 1 aliphatic rings. The summed E-state index contributed by atoms with van der Waals surface area (Å²) < 4.78 is 0. The van der Waals surface area contributed by atoms with Crippen LogP contribution in [0.4, 0.5) is 5.82 Å². The van der Waals surface area contributed by atoms with Gasteiger partial charge in [-0.15, -0.1) is 0 Å². The third-order valence-corrected chi connectivity index (χ3v) is 4.09. The topological polar surface area (TPSA) is 31.4 Å². The van der Waals surface area contributed by atoms with Crippen LogP contribution in [-0.2, 0) is 6.54 Å². The molecule has 1 aromatic rings. The molecule has 4 heteroatoms. The fourth-order valence-electron chi connectivity index (χ4n) is 2.90. The summed E-state index contributed by atoms with van der Waals surface area (Å²) in [7, 11) is 2.21. The van der Waals surface area contributed by atoms with Crippen molar-refractivity contribution >= 4 is 5.82 Å². The number of hydrogen-bond donors (Lipinski definition) is 1. The average molecular weight is 276 g/mol. The van der Waals surface area contributed by atoms with Crippen LogP contribution in [-0.4, -0.2) is 49.2 Å². The van der Waals surface area contributed by atoms with Crippen molar-refractivity contribution in [3.05, 3.63) is 23.4 Å². The van der Waals surface area contributed by atoms with Gasteiger partial charge in [0, 0.05) is 31.4 Å². The molecule has 20 heavy (non-hydrogen) atoms. The second-order valence-corrected chi connectivity index (χ2v) is 5.85. The van der Waals surface area contributed by atoms with Gasteiger partial charge in [-0.25, -0.2) is 4.98 Å². The molecule has 112 valence electrons. The second-order valence-electron chi connectivity index (χ2n) is 5.85. The highest BCUT2D eigenvalue weighted by atomic mass is 15.3. The van der Waals surface area contributed by atoms with Gasteiger partial charge in [0.15, 0.2) is 0 Å². The predicted molar refractivity (Wildman–Crippen MR) is 85.3 cm³/mol. The molecule has 4 nitrogen and oxygen atoms in total. The molecular weight excluding hydrogens is 248 g/mol. The normalized spacial score (nSPS) is 21.0. The molecule has 0 spiro atoms. The van der Waals surface area contributed by atoms with Crippen molar-refractivity contribution in [3.8, 4) is 0 Å². The van der Waals surface area contributed by atoms with Crippen molar-refractivity contribution in [1.82, 2.24) is 15.2 Å². The van der Waals surface area contributed by atoms with E-state index in [0.717, 1.165) is 37.7 Å². The van der Waals surface area contributed by atoms with E-state index < -0.39 is 0 Å². The lowest BCUT2D eigenvalue weighted by atomic mass is 10.2. The van der Waals surface area contributed by atoms with Crippen molar-refractivity contribution in [2.75, 3.05) is 38.1 Å². The van der Waals surface area contributed by atoms with Gasteiger partial charge in [0.05, 0.1) is 0 Å². The maximum atomic E-state index is 4.83. The highest BCUT2D eigenvalue weighted by molar-refractivity contribution is 5.43. The molecule has 1 N–H and O–H groups in total. The Morgan fingerprint density at radius 1 is 1.35 bits per heavy atom. The molecule has 0 aliphatic carbocycles. The number of nitrogens with zero attached hydrogens (tertiary/aromatic N) is 3. The number of likely N-dealkylation sites (N-methyl/N-ethyl adjacent to an activating group) is 1. The van der Waals surface area contributed by atoms with E-state index in [1.165, 1.54) is 18.5 Å². The third kappa shape index (κ3) is 3.70. The van der Waals surface area contributed by atoms with E-state index in [-0.39, 0.29) is 0 Å². The van der Waals surface area contributed by atoms with Gasteiger partial charge in [-0.3, -0.25) is 0 Å². The van der Waals surface area contributed by atoms with E-state index in [1.54, 1.807) is 0 Å². The minimum absolute atomic E-state index is 0.522. The summed E-state index contributed by atoms with van der Waals surface area (Å²) in [6.45, 7) is 11.8. The smallest absolute Gasteiger partial charge is 0.129 e. The molecule has 0 bridgehead atoms. The first kappa shape index (κ1) is 15.3. The largest absolute Gasteiger partial charge is 0.353 e. The van der Waals surface area contributed by atoms with Crippen LogP contribution in [0.15, 0.2) is 12.1 Å². The van der Waals surface area contributed by atoms with Gasteiger partial charge in [-0.2, -0.15) is 0 Å². The number of nitrogens with one attached hydrogen (secondary N) is 1. The Kier molecular flexibility index (Phi) is 5.38. The summed E-state index contributed by atoms with van der Waals surface area (Å²) >= 11 is 0. The summed E-state index contributed by atoms with van der Waals surface area (Å²) in [6.07, 6.45) is 1.21. The van der Waals surface area contributed by atoms with Crippen LogP contribution in [0.5, 0.6) is 0 Å². The predicted octanol–water partition coefficient (Wildman–Crippen LogP) is 2.03. The first-order valence-electron chi connectivity index (χ1n) is 7.74. The van der Waals surface area contributed by atoms with Crippen molar-refractivity contribution in [2.24, 2.45) is 0 Å². The molecule has 2 heterocycles. The molecule has 2 rings (SSSR count). The lowest BCUT2D eigenvalue weighted by Gasteiger charge is -2.29. The Bertz CT molecular complexity index is 432. The van der Waals surface area contributed by atoms with Crippen LogP contribution in [0.2, 0.25) is 0 Å². The quantitative estimate of drug-likeness (QED) is 0.912. The molecule has 0 aromatic carbocycles. The van der Waals surface area contributed by atoms with E-state index in [4.69, 9.17) is 4.98 Å². The number of anilines is 1. The van der Waals surface area contributed by atoms with Crippen LogP contribution in [0.1, 0.15) is 31.5 Å². The van der Waals surface area contributed by atoms with E-state index in [1.807, 2.05) is 0 Å². The zero-order chi connectivity index (χ0) is 14.5. The molecule has 0 radical (unpaired) electrons. The van der Waals surface area contributed by atoms with Crippen molar-refractivity contribution < 1.29 is 0 Å². The maximum absolute atomic E-state index is 4.83. The summed E-state index contributed by atoms with van der Waals surface area (Å²) in [5.41, 5.74) is 2.45. The number of aromatic nitrogens is 1. The molecule has 0 saturated carbocycles. The third-order valence-electron chi connectivity index (χ3n) is 4.09. The summed E-state index contributed by atoms with van der Waals surface area (Å²) in [4.78, 5) is 9.70. The minimum atomic E-state index is 0.522. The Labute approximate surface area is 123 Å². The summed E-state index contributed by atoms with van der Waals surface area (Å²) in [6, 6.07) is 4.93. The molecule has 1 fully saturated rings. The maximum Gasteiger partial charge on any atom is 0.129 e. The van der Waals surface area contributed by atoms with Gasteiger partial charge < -0.3 is 15.1 Å².